The Kier molecular flexibility index (Phi) is 3.54. The minimum absolute atomic E-state index is 0.237. The smallest absolute Gasteiger partial charge is 0.141 e. The van der Waals surface area contributed by atoms with Crippen LogP contribution in [0.15, 0.2) is 18.5 Å². The summed E-state index contributed by atoms with van der Waals surface area (Å²) in [6.45, 7) is 2.29. The van der Waals surface area contributed by atoms with Crippen molar-refractivity contribution in [2.45, 2.75) is 32.2 Å². The molecule has 1 aromatic rings. The van der Waals surface area contributed by atoms with Gasteiger partial charge in [0.2, 0.25) is 0 Å². The van der Waals surface area contributed by atoms with E-state index >= 15 is 0 Å². The number of aromatic nitrogens is 1. The molecule has 0 saturated heterocycles. The standard InChI is InChI=1S/C13H19FN2/c1-9-4-3-5-12(9)13(15-2)10-6-11(14)8-16-7-10/h6-9,12-13,15H,3-5H2,1-2H3. The van der Waals surface area contributed by atoms with Gasteiger partial charge in [0.1, 0.15) is 5.82 Å². The van der Waals surface area contributed by atoms with E-state index in [9.17, 15) is 4.39 Å². The molecule has 3 unspecified atom stereocenters. The molecule has 1 aliphatic rings. The maximum Gasteiger partial charge on any atom is 0.141 e. The first-order chi connectivity index (χ1) is 7.72. The summed E-state index contributed by atoms with van der Waals surface area (Å²) in [5, 5.41) is 3.31. The van der Waals surface area contributed by atoms with Gasteiger partial charge in [-0.3, -0.25) is 4.98 Å². The highest BCUT2D eigenvalue weighted by Crippen LogP contribution is 2.39. The first-order valence-electron chi connectivity index (χ1n) is 6.00. The Bertz CT molecular complexity index is 354. The van der Waals surface area contributed by atoms with Crippen molar-refractivity contribution in [1.82, 2.24) is 10.3 Å². The fourth-order valence-corrected chi connectivity index (χ4v) is 2.90. The first-order valence-corrected chi connectivity index (χ1v) is 6.00. The van der Waals surface area contributed by atoms with E-state index in [2.05, 4.69) is 17.2 Å². The van der Waals surface area contributed by atoms with Gasteiger partial charge in [-0.2, -0.15) is 0 Å². The van der Waals surface area contributed by atoms with Gasteiger partial charge in [-0.1, -0.05) is 19.8 Å². The topological polar surface area (TPSA) is 24.9 Å². The second kappa shape index (κ2) is 4.91. The Morgan fingerprint density at radius 2 is 2.25 bits per heavy atom. The number of rotatable bonds is 3. The second-order valence-electron chi connectivity index (χ2n) is 4.77. The Balaban J connectivity index is 2.21. The van der Waals surface area contributed by atoms with Crippen LogP contribution in [0.1, 0.15) is 37.8 Å². The molecule has 88 valence electrons. The average molecular weight is 222 g/mol. The molecule has 2 nitrogen and oxygen atoms in total. The van der Waals surface area contributed by atoms with Crippen LogP contribution >= 0.6 is 0 Å². The molecule has 0 spiro atoms. The number of halogens is 1. The lowest BCUT2D eigenvalue weighted by Crippen LogP contribution is -2.27. The van der Waals surface area contributed by atoms with Crippen LogP contribution in [0.25, 0.3) is 0 Å². The molecule has 1 fully saturated rings. The third-order valence-corrected chi connectivity index (χ3v) is 3.75. The van der Waals surface area contributed by atoms with Crippen molar-refractivity contribution in [1.29, 1.82) is 0 Å². The lowest BCUT2D eigenvalue weighted by Gasteiger charge is -2.26. The molecule has 0 radical (unpaired) electrons. The third kappa shape index (κ3) is 2.24. The van der Waals surface area contributed by atoms with Gasteiger partial charge < -0.3 is 5.32 Å². The Hall–Kier alpha value is -0.960. The van der Waals surface area contributed by atoms with Crippen molar-refractivity contribution in [3.05, 3.63) is 29.8 Å². The molecule has 1 N–H and O–H groups in total. The zero-order valence-corrected chi connectivity index (χ0v) is 9.91. The van der Waals surface area contributed by atoms with Crippen molar-refractivity contribution >= 4 is 0 Å². The van der Waals surface area contributed by atoms with Gasteiger partial charge in [-0.15, -0.1) is 0 Å². The summed E-state index contributed by atoms with van der Waals surface area (Å²) >= 11 is 0. The lowest BCUT2D eigenvalue weighted by molar-refractivity contribution is 0.314. The summed E-state index contributed by atoms with van der Waals surface area (Å²) in [5.74, 6) is 1.07. The highest BCUT2D eigenvalue weighted by atomic mass is 19.1. The molecule has 0 amide bonds. The van der Waals surface area contributed by atoms with Crippen molar-refractivity contribution in [3.63, 3.8) is 0 Å². The Labute approximate surface area is 96.3 Å². The largest absolute Gasteiger partial charge is 0.313 e. The van der Waals surface area contributed by atoms with Crippen LogP contribution in [0.4, 0.5) is 4.39 Å². The van der Waals surface area contributed by atoms with Crippen LogP contribution in [0, 0.1) is 17.7 Å². The molecule has 3 heteroatoms. The predicted molar refractivity (Wildman–Crippen MR) is 62.5 cm³/mol. The molecule has 16 heavy (non-hydrogen) atoms. The van der Waals surface area contributed by atoms with E-state index in [1.807, 2.05) is 7.05 Å². The number of pyridine rings is 1. The maximum atomic E-state index is 13.2. The zero-order chi connectivity index (χ0) is 11.5. The summed E-state index contributed by atoms with van der Waals surface area (Å²) in [6.07, 6.45) is 6.82. The monoisotopic (exact) mass is 222 g/mol. The van der Waals surface area contributed by atoms with E-state index in [0.29, 0.717) is 11.8 Å². The molecule has 1 aromatic heterocycles. The van der Waals surface area contributed by atoms with Crippen LogP contribution in [0.2, 0.25) is 0 Å². The molecule has 0 aromatic carbocycles. The minimum atomic E-state index is -0.247. The van der Waals surface area contributed by atoms with Gasteiger partial charge >= 0.3 is 0 Å². The average Bonchev–Trinajstić information content (AvgIpc) is 2.67. The van der Waals surface area contributed by atoms with E-state index in [1.54, 1.807) is 12.3 Å². The molecular weight excluding hydrogens is 203 g/mol. The highest BCUT2D eigenvalue weighted by Gasteiger charge is 2.31. The molecule has 0 bridgehead atoms. The van der Waals surface area contributed by atoms with Crippen molar-refractivity contribution in [2.24, 2.45) is 11.8 Å². The van der Waals surface area contributed by atoms with Crippen molar-refractivity contribution in [2.75, 3.05) is 7.05 Å². The van der Waals surface area contributed by atoms with Crippen LogP contribution in [-0.4, -0.2) is 12.0 Å². The SMILES string of the molecule is CNC(c1cncc(F)c1)C1CCCC1C. The number of nitrogens with one attached hydrogen (secondary N) is 1. The maximum absolute atomic E-state index is 13.2. The predicted octanol–water partition coefficient (Wildman–Crippen LogP) is 2.92. The first kappa shape index (κ1) is 11.5. The molecule has 1 heterocycles. The van der Waals surface area contributed by atoms with Crippen LogP contribution in [0.3, 0.4) is 0 Å². The third-order valence-electron chi connectivity index (χ3n) is 3.75. The van der Waals surface area contributed by atoms with Crippen molar-refractivity contribution < 1.29 is 4.39 Å². The van der Waals surface area contributed by atoms with Crippen LogP contribution < -0.4 is 5.32 Å². The van der Waals surface area contributed by atoms with E-state index < -0.39 is 0 Å². The van der Waals surface area contributed by atoms with Gasteiger partial charge in [0.05, 0.1) is 6.20 Å². The van der Waals surface area contributed by atoms with E-state index in [1.165, 1.54) is 25.5 Å². The molecule has 1 aliphatic carbocycles. The summed E-state index contributed by atoms with van der Waals surface area (Å²) < 4.78 is 13.2. The summed E-state index contributed by atoms with van der Waals surface area (Å²) in [7, 11) is 1.95. The zero-order valence-electron chi connectivity index (χ0n) is 9.91. The molecule has 1 saturated carbocycles. The van der Waals surface area contributed by atoms with E-state index in [4.69, 9.17) is 0 Å². The quantitative estimate of drug-likeness (QED) is 0.850. The van der Waals surface area contributed by atoms with Gasteiger partial charge in [-0.05, 0) is 36.9 Å². The van der Waals surface area contributed by atoms with Crippen LogP contribution in [0.5, 0.6) is 0 Å². The van der Waals surface area contributed by atoms with Gasteiger partial charge in [-0.25, -0.2) is 4.39 Å². The minimum Gasteiger partial charge on any atom is -0.313 e. The van der Waals surface area contributed by atoms with Crippen molar-refractivity contribution in [3.8, 4) is 0 Å². The summed E-state index contributed by atoms with van der Waals surface area (Å²) in [5.41, 5.74) is 0.973. The second-order valence-corrected chi connectivity index (χ2v) is 4.77. The highest BCUT2D eigenvalue weighted by molar-refractivity contribution is 5.16. The molecule has 0 aliphatic heterocycles. The van der Waals surface area contributed by atoms with Gasteiger partial charge in [0, 0.05) is 12.2 Å². The normalized spacial score (nSPS) is 26.9. The van der Waals surface area contributed by atoms with E-state index in [-0.39, 0.29) is 11.9 Å². The van der Waals surface area contributed by atoms with Gasteiger partial charge in [0.15, 0.2) is 0 Å². The molecule has 2 rings (SSSR count). The van der Waals surface area contributed by atoms with E-state index in [0.717, 1.165) is 5.56 Å². The number of hydrogen-bond acceptors (Lipinski definition) is 2. The molecular formula is C13H19FN2. The Morgan fingerprint density at radius 1 is 1.44 bits per heavy atom. The summed E-state index contributed by atoms with van der Waals surface area (Å²) in [6, 6.07) is 1.83. The van der Waals surface area contributed by atoms with Gasteiger partial charge in [0.25, 0.3) is 0 Å². The molecule has 3 atom stereocenters. The van der Waals surface area contributed by atoms with Crippen LogP contribution in [-0.2, 0) is 0 Å². The number of hydrogen-bond donors (Lipinski definition) is 1. The fraction of sp³-hybridized carbons (Fsp3) is 0.615. The fourth-order valence-electron chi connectivity index (χ4n) is 2.90. The number of nitrogens with zero attached hydrogens (tertiary/aromatic N) is 1. The lowest BCUT2D eigenvalue weighted by atomic mass is 9.86. The summed E-state index contributed by atoms with van der Waals surface area (Å²) in [4.78, 5) is 3.93. The Morgan fingerprint density at radius 3 is 2.81 bits per heavy atom.